The summed E-state index contributed by atoms with van der Waals surface area (Å²) < 4.78 is 11.5. The van der Waals surface area contributed by atoms with Crippen molar-refractivity contribution in [2.75, 3.05) is 14.2 Å². The molecule has 0 amide bonds. The first kappa shape index (κ1) is 17.7. The van der Waals surface area contributed by atoms with Crippen molar-refractivity contribution in [1.29, 1.82) is 0 Å². The van der Waals surface area contributed by atoms with E-state index < -0.39 is 0 Å². The molecule has 0 aromatic heterocycles. The Morgan fingerprint density at radius 1 is 0.826 bits per heavy atom. The molecule has 0 saturated carbocycles. The topological polar surface area (TPSA) is 18.5 Å². The molecule has 0 N–H and O–H groups in total. The molecule has 1 aromatic rings. The summed E-state index contributed by atoms with van der Waals surface area (Å²) in [4.78, 5) is 0. The zero-order valence-electron chi connectivity index (χ0n) is 16.0. The van der Waals surface area contributed by atoms with E-state index in [9.17, 15) is 0 Å². The van der Waals surface area contributed by atoms with Gasteiger partial charge in [-0.15, -0.1) is 0 Å². The van der Waals surface area contributed by atoms with Crippen LogP contribution in [0.5, 0.6) is 11.5 Å². The Labute approximate surface area is 141 Å². The maximum Gasteiger partial charge on any atom is 0.126 e. The van der Waals surface area contributed by atoms with Gasteiger partial charge in [-0.25, -0.2) is 0 Å². The Kier molecular flexibility index (Phi) is 4.66. The average Bonchev–Trinajstić information content (AvgIpc) is 2.68. The molecule has 126 valence electrons. The van der Waals surface area contributed by atoms with Crippen molar-refractivity contribution >= 4 is 0 Å². The molecule has 2 rings (SSSR count). The van der Waals surface area contributed by atoms with Gasteiger partial charge in [-0.2, -0.15) is 0 Å². The predicted molar refractivity (Wildman–Crippen MR) is 97.7 cm³/mol. The van der Waals surface area contributed by atoms with E-state index in [0.717, 1.165) is 11.5 Å². The molecule has 0 spiro atoms. The third-order valence-electron chi connectivity index (χ3n) is 5.26. The highest BCUT2D eigenvalue weighted by Crippen LogP contribution is 2.49. The molecule has 0 aliphatic heterocycles. The summed E-state index contributed by atoms with van der Waals surface area (Å²) in [6, 6.07) is 4.24. The second-order valence-electron chi connectivity index (χ2n) is 7.60. The molecule has 0 fully saturated rings. The summed E-state index contributed by atoms with van der Waals surface area (Å²) >= 11 is 0. The van der Waals surface area contributed by atoms with Crippen molar-refractivity contribution in [2.24, 2.45) is 0 Å². The van der Waals surface area contributed by atoms with Gasteiger partial charge in [0, 0.05) is 17.0 Å². The molecule has 0 radical (unpaired) electrons. The number of hydrogen-bond acceptors (Lipinski definition) is 2. The molecular weight excluding hydrogens is 284 g/mol. The van der Waals surface area contributed by atoms with E-state index in [1.165, 1.54) is 33.4 Å². The number of benzene rings is 1. The molecule has 1 aliphatic rings. The van der Waals surface area contributed by atoms with E-state index in [4.69, 9.17) is 9.47 Å². The lowest BCUT2D eigenvalue weighted by molar-refractivity contribution is 0.382. The van der Waals surface area contributed by atoms with Gasteiger partial charge >= 0.3 is 0 Å². The minimum atomic E-state index is -0.00738. The standard InChI is InChI=1S/C21H30O2/c1-12-13(2)15(4)19(14(12)3)17-10-16(22-8)11-18(20(17)23-9)21(5,6)7/h10-11,19H,1-9H3. The number of allylic oxidation sites excluding steroid dienone is 4. The van der Waals surface area contributed by atoms with Crippen LogP contribution in [0.2, 0.25) is 0 Å². The van der Waals surface area contributed by atoms with Crippen molar-refractivity contribution in [3.63, 3.8) is 0 Å². The van der Waals surface area contributed by atoms with Crippen LogP contribution in [0, 0.1) is 0 Å². The summed E-state index contributed by atoms with van der Waals surface area (Å²) in [5, 5.41) is 0. The fourth-order valence-corrected chi connectivity index (χ4v) is 3.56. The van der Waals surface area contributed by atoms with E-state index in [1.54, 1.807) is 14.2 Å². The molecule has 0 bridgehead atoms. The van der Waals surface area contributed by atoms with Crippen LogP contribution < -0.4 is 9.47 Å². The number of hydrogen-bond donors (Lipinski definition) is 0. The first-order chi connectivity index (χ1) is 10.6. The lowest BCUT2D eigenvalue weighted by atomic mass is 9.80. The van der Waals surface area contributed by atoms with Gasteiger partial charge in [0.1, 0.15) is 11.5 Å². The monoisotopic (exact) mass is 314 g/mol. The van der Waals surface area contributed by atoms with E-state index >= 15 is 0 Å². The number of ether oxygens (including phenoxy) is 2. The van der Waals surface area contributed by atoms with Crippen molar-refractivity contribution in [3.05, 3.63) is 45.6 Å². The fourth-order valence-electron chi connectivity index (χ4n) is 3.56. The summed E-state index contributed by atoms with van der Waals surface area (Å²) in [7, 11) is 3.50. The summed E-state index contributed by atoms with van der Waals surface area (Å²) in [6.45, 7) is 15.5. The third kappa shape index (κ3) is 2.91. The van der Waals surface area contributed by atoms with Crippen LogP contribution in [0.3, 0.4) is 0 Å². The predicted octanol–water partition coefficient (Wildman–Crippen LogP) is 5.77. The van der Waals surface area contributed by atoms with Crippen LogP contribution >= 0.6 is 0 Å². The highest BCUT2D eigenvalue weighted by atomic mass is 16.5. The lowest BCUT2D eigenvalue weighted by Crippen LogP contribution is -2.15. The Hall–Kier alpha value is -1.70. The second-order valence-corrected chi connectivity index (χ2v) is 7.60. The van der Waals surface area contributed by atoms with Gasteiger partial charge in [-0.1, -0.05) is 31.9 Å². The summed E-state index contributed by atoms with van der Waals surface area (Å²) in [5.41, 5.74) is 8.01. The Morgan fingerprint density at radius 3 is 1.74 bits per heavy atom. The average molecular weight is 314 g/mol. The smallest absolute Gasteiger partial charge is 0.126 e. The van der Waals surface area contributed by atoms with Crippen LogP contribution in [0.4, 0.5) is 0 Å². The molecule has 0 heterocycles. The quantitative estimate of drug-likeness (QED) is 0.705. The number of rotatable bonds is 3. The van der Waals surface area contributed by atoms with E-state index in [0.29, 0.717) is 0 Å². The Balaban J connectivity index is 2.78. The van der Waals surface area contributed by atoms with Crippen molar-refractivity contribution in [2.45, 2.75) is 59.8 Å². The number of methoxy groups -OCH3 is 2. The van der Waals surface area contributed by atoms with E-state index in [-0.39, 0.29) is 11.3 Å². The summed E-state index contributed by atoms with van der Waals surface area (Å²) in [6.07, 6.45) is 0. The molecule has 2 heteroatoms. The lowest BCUT2D eigenvalue weighted by Gasteiger charge is -2.28. The van der Waals surface area contributed by atoms with E-state index in [2.05, 4.69) is 60.6 Å². The molecule has 1 aromatic carbocycles. The van der Waals surface area contributed by atoms with Crippen molar-refractivity contribution in [3.8, 4) is 11.5 Å². The van der Waals surface area contributed by atoms with Gasteiger partial charge in [0.15, 0.2) is 0 Å². The molecule has 0 saturated heterocycles. The maximum atomic E-state index is 5.88. The zero-order valence-corrected chi connectivity index (χ0v) is 16.0. The zero-order chi connectivity index (χ0) is 17.5. The van der Waals surface area contributed by atoms with Crippen LogP contribution in [0.1, 0.15) is 65.5 Å². The summed E-state index contributed by atoms with van der Waals surface area (Å²) in [5.74, 6) is 2.17. The molecule has 0 atom stereocenters. The van der Waals surface area contributed by atoms with Crippen LogP contribution in [0.15, 0.2) is 34.4 Å². The van der Waals surface area contributed by atoms with Gasteiger partial charge in [-0.3, -0.25) is 0 Å². The Bertz CT molecular complexity index is 661. The molecule has 2 nitrogen and oxygen atoms in total. The molecule has 23 heavy (non-hydrogen) atoms. The van der Waals surface area contributed by atoms with Crippen LogP contribution in [-0.4, -0.2) is 14.2 Å². The van der Waals surface area contributed by atoms with Gasteiger partial charge in [0.05, 0.1) is 14.2 Å². The first-order valence-electron chi connectivity index (χ1n) is 8.25. The molecule has 0 unspecified atom stereocenters. The fraction of sp³-hybridized carbons (Fsp3) is 0.524. The molecule has 1 aliphatic carbocycles. The van der Waals surface area contributed by atoms with Gasteiger partial charge in [-0.05, 0) is 56.4 Å². The van der Waals surface area contributed by atoms with Crippen molar-refractivity contribution in [1.82, 2.24) is 0 Å². The first-order valence-corrected chi connectivity index (χ1v) is 8.25. The van der Waals surface area contributed by atoms with Crippen LogP contribution in [0.25, 0.3) is 0 Å². The highest BCUT2D eigenvalue weighted by Gasteiger charge is 2.31. The highest BCUT2D eigenvalue weighted by molar-refractivity contribution is 5.60. The van der Waals surface area contributed by atoms with Gasteiger partial charge in [0.25, 0.3) is 0 Å². The largest absolute Gasteiger partial charge is 0.497 e. The van der Waals surface area contributed by atoms with Gasteiger partial charge in [0.2, 0.25) is 0 Å². The van der Waals surface area contributed by atoms with Gasteiger partial charge < -0.3 is 9.47 Å². The van der Waals surface area contributed by atoms with Crippen molar-refractivity contribution < 1.29 is 9.47 Å². The van der Waals surface area contributed by atoms with Crippen LogP contribution in [-0.2, 0) is 5.41 Å². The maximum absolute atomic E-state index is 5.88. The minimum Gasteiger partial charge on any atom is -0.497 e. The SMILES string of the molecule is COc1cc(C2C(C)=C(C)C(C)=C2C)c(OC)c(C(C)(C)C)c1. The second kappa shape index (κ2) is 6.07. The molecular formula is C21H30O2. The minimum absolute atomic E-state index is 0.00738. The normalized spacial score (nSPS) is 16.4. The third-order valence-corrected chi connectivity index (χ3v) is 5.26. The Morgan fingerprint density at radius 2 is 1.35 bits per heavy atom. The van der Waals surface area contributed by atoms with E-state index in [1.807, 2.05) is 0 Å².